The van der Waals surface area contributed by atoms with Crippen molar-refractivity contribution in [3.05, 3.63) is 70.8 Å². The molecule has 1 N–H and O–H groups in total. The van der Waals surface area contributed by atoms with Crippen molar-refractivity contribution in [2.45, 2.75) is 71.6 Å². The Bertz CT molecular complexity index is 1200. The first-order chi connectivity index (χ1) is 18.7. The van der Waals surface area contributed by atoms with Crippen LogP contribution in [0.5, 0.6) is 0 Å². The Morgan fingerprint density at radius 1 is 0.744 bits per heavy atom. The summed E-state index contributed by atoms with van der Waals surface area (Å²) in [5.41, 5.74) is 3.45. The molecule has 0 bridgehead atoms. The summed E-state index contributed by atoms with van der Waals surface area (Å²) in [7, 11) is 0. The highest BCUT2D eigenvalue weighted by molar-refractivity contribution is 5.94. The molecule has 2 saturated carbocycles. The van der Waals surface area contributed by atoms with E-state index in [0.717, 1.165) is 82.0 Å². The second-order valence-electron chi connectivity index (χ2n) is 11.7. The summed E-state index contributed by atoms with van der Waals surface area (Å²) in [4.78, 5) is 47.8. The number of hydrogen-bond acceptors (Lipinski definition) is 4. The van der Waals surface area contributed by atoms with Crippen LogP contribution in [0.4, 0.5) is 0 Å². The van der Waals surface area contributed by atoms with Crippen molar-refractivity contribution in [2.75, 3.05) is 13.1 Å². The highest BCUT2D eigenvalue weighted by Gasteiger charge is 2.29. The van der Waals surface area contributed by atoms with E-state index >= 15 is 0 Å². The predicted octanol–water partition coefficient (Wildman–Crippen LogP) is 6.01. The van der Waals surface area contributed by atoms with Crippen molar-refractivity contribution in [2.24, 2.45) is 23.7 Å². The van der Waals surface area contributed by atoms with Gasteiger partial charge in [-0.1, -0.05) is 24.3 Å². The van der Waals surface area contributed by atoms with Crippen molar-refractivity contribution in [1.82, 2.24) is 4.90 Å². The molecule has 1 saturated heterocycles. The minimum Gasteiger partial charge on any atom is -0.478 e. The van der Waals surface area contributed by atoms with Gasteiger partial charge in [-0.15, -0.1) is 0 Å². The number of Topliss-reactive ketones (excluding diaryl/α,β-unsaturated/α-hetero) is 2. The van der Waals surface area contributed by atoms with E-state index in [1.165, 1.54) is 5.56 Å². The fourth-order valence-electron chi connectivity index (χ4n) is 6.29. The molecule has 0 spiro atoms. The number of carboxylic acid groups (broad SMARTS) is 1. The van der Waals surface area contributed by atoms with Gasteiger partial charge in [0.05, 0.1) is 5.56 Å². The summed E-state index contributed by atoms with van der Waals surface area (Å²) >= 11 is 0. The highest BCUT2D eigenvalue weighted by Crippen LogP contribution is 2.35. The minimum atomic E-state index is -0.884. The van der Waals surface area contributed by atoms with E-state index < -0.39 is 5.97 Å². The zero-order chi connectivity index (χ0) is 27.9. The number of likely N-dealkylation sites (tertiary alicyclic amines) is 1. The summed E-state index contributed by atoms with van der Waals surface area (Å²) in [6.07, 6.45) is 9.18. The molecule has 39 heavy (non-hydrogen) atoms. The van der Waals surface area contributed by atoms with Crippen molar-refractivity contribution < 1.29 is 24.3 Å². The van der Waals surface area contributed by atoms with Gasteiger partial charge in [0.1, 0.15) is 11.6 Å². The Hall–Kier alpha value is -3.28. The Balaban J connectivity index is 0.000000183. The monoisotopic (exact) mass is 531 g/mol. The summed E-state index contributed by atoms with van der Waals surface area (Å²) in [6.45, 7) is 5.16. The smallest absolute Gasteiger partial charge is 0.335 e. The molecule has 1 aliphatic heterocycles. The van der Waals surface area contributed by atoms with Gasteiger partial charge in [0, 0.05) is 30.5 Å². The van der Waals surface area contributed by atoms with E-state index in [4.69, 9.17) is 5.11 Å². The first-order valence-electron chi connectivity index (χ1n) is 14.4. The van der Waals surface area contributed by atoms with Crippen LogP contribution in [-0.2, 0) is 22.4 Å². The third-order valence-electron chi connectivity index (χ3n) is 8.77. The molecule has 4 atom stereocenters. The van der Waals surface area contributed by atoms with Crippen molar-refractivity contribution in [3.63, 3.8) is 0 Å². The maximum atomic E-state index is 12.2. The lowest BCUT2D eigenvalue weighted by atomic mass is 9.94. The predicted molar refractivity (Wildman–Crippen MR) is 151 cm³/mol. The number of nitrogens with zero attached hydrogens (tertiary/aromatic N) is 1. The Kier molecular flexibility index (Phi) is 9.71. The molecule has 2 aromatic carbocycles. The van der Waals surface area contributed by atoms with Gasteiger partial charge in [-0.25, -0.2) is 4.79 Å². The fraction of sp³-hybridized carbons (Fsp3) is 0.515. The maximum Gasteiger partial charge on any atom is 0.335 e. The minimum absolute atomic E-state index is 0.163. The van der Waals surface area contributed by atoms with Crippen LogP contribution in [0.25, 0.3) is 0 Å². The second kappa shape index (κ2) is 13.2. The highest BCUT2D eigenvalue weighted by atomic mass is 16.4. The topological polar surface area (TPSA) is 91.8 Å². The van der Waals surface area contributed by atoms with E-state index in [-0.39, 0.29) is 23.5 Å². The molecule has 0 aromatic heterocycles. The summed E-state index contributed by atoms with van der Waals surface area (Å²) in [5, 5.41) is 8.94. The Morgan fingerprint density at radius 2 is 1.23 bits per heavy atom. The normalized spacial score (nSPS) is 23.9. The maximum absolute atomic E-state index is 12.2. The zero-order valence-corrected chi connectivity index (χ0v) is 23.2. The Labute approximate surface area is 231 Å². The van der Waals surface area contributed by atoms with Crippen LogP contribution >= 0.6 is 0 Å². The second-order valence-corrected chi connectivity index (χ2v) is 11.7. The number of rotatable bonds is 8. The lowest BCUT2D eigenvalue weighted by Crippen LogP contribution is -2.42. The lowest BCUT2D eigenvalue weighted by Gasteiger charge is -2.31. The molecule has 0 radical (unpaired) electrons. The van der Waals surface area contributed by atoms with Crippen LogP contribution in [0, 0.1) is 23.7 Å². The molecule has 6 nitrogen and oxygen atoms in total. The average molecular weight is 532 g/mol. The third-order valence-corrected chi connectivity index (χ3v) is 8.77. The van der Waals surface area contributed by atoms with Gasteiger partial charge >= 0.3 is 5.97 Å². The van der Waals surface area contributed by atoms with Gasteiger partial charge in [0.2, 0.25) is 0 Å². The SMILES string of the molecule is CC(=O)[C@@H]1CC[C@@H](Cc2cccc(C(=O)N3CCC3)c2)C1.CC(=O)[C@@H]1CC[C@@H](Cc2cccc(C(=O)O)c2)C1. The molecule has 1 amide bonds. The number of aromatic carboxylic acids is 1. The zero-order valence-electron chi connectivity index (χ0n) is 23.2. The van der Waals surface area contributed by atoms with Crippen LogP contribution in [-0.4, -0.2) is 46.5 Å². The van der Waals surface area contributed by atoms with E-state index in [0.29, 0.717) is 23.2 Å². The van der Waals surface area contributed by atoms with E-state index in [1.807, 2.05) is 29.2 Å². The molecule has 5 rings (SSSR count). The van der Waals surface area contributed by atoms with Crippen LogP contribution in [0.15, 0.2) is 48.5 Å². The molecule has 3 fully saturated rings. The summed E-state index contributed by atoms with van der Waals surface area (Å²) < 4.78 is 0. The van der Waals surface area contributed by atoms with Crippen LogP contribution in [0.3, 0.4) is 0 Å². The van der Waals surface area contributed by atoms with Crippen LogP contribution in [0.1, 0.15) is 90.6 Å². The average Bonchev–Trinajstić information content (AvgIpc) is 3.54. The van der Waals surface area contributed by atoms with Gasteiger partial charge in [-0.05, 0) is 119 Å². The van der Waals surface area contributed by atoms with Crippen molar-refractivity contribution in [3.8, 4) is 0 Å². The molecule has 1 heterocycles. The molecule has 2 aromatic rings. The van der Waals surface area contributed by atoms with E-state index in [1.54, 1.807) is 32.0 Å². The molecule has 6 heteroatoms. The molecule has 2 aliphatic carbocycles. The quantitative estimate of drug-likeness (QED) is 0.450. The van der Waals surface area contributed by atoms with Gasteiger partial charge in [0.15, 0.2) is 0 Å². The number of carbonyl (C=O) groups excluding carboxylic acids is 3. The lowest BCUT2D eigenvalue weighted by molar-refractivity contribution is -0.121. The van der Waals surface area contributed by atoms with Crippen LogP contribution in [0.2, 0.25) is 0 Å². The Morgan fingerprint density at radius 3 is 1.64 bits per heavy atom. The first-order valence-corrected chi connectivity index (χ1v) is 14.4. The van der Waals surface area contributed by atoms with E-state index in [9.17, 15) is 19.2 Å². The largest absolute Gasteiger partial charge is 0.478 e. The number of hydrogen-bond donors (Lipinski definition) is 1. The number of ketones is 2. The van der Waals surface area contributed by atoms with Crippen molar-refractivity contribution in [1.29, 1.82) is 0 Å². The summed E-state index contributed by atoms with van der Waals surface area (Å²) in [6, 6.07) is 15.2. The number of benzene rings is 2. The van der Waals surface area contributed by atoms with Crippen molar-refractivity contribution >= 4 is 23.4 Å². The molecule has 0 unspecified atom stereocenters. The fourth-order valence-corrected chi connectivity index (χ4v) is 6.29. The first kappa shape index (κ1) is 28.7. The number of carbonyl (C=O) groups is 4. The number of amides is 1. The van der Waals surface area contributed by atoms with E-state index in [2.05, 4.69) is 6.07 Å². The van der Waals surface area contributed by atoms with Gasteiger partial charge in [-0.3, -0.25) is 14.4 Å². The van der Waals surface area contributed by atoms with Gasteiger partial charge in [0.25, 0.3) is 5.91 Å². The van der Waals surface area contributed by atoms with Gasteiger partial charge in [-0.2, -0.15) is 0 Å². The molecular weight excluding hydrogens is 490 g/mol. The molecular formula is C33H41NO5. The number of carboxylic acids is 1. The standard InChI is InChI=1S/C18H23NO2.C15H18O3/c1-13(20)16-7-6-15(11-16)10-14-4-2-5-17(12-14)18(21)19-8-3-9-19;1-10(16)13-6-5-12(8-13)7-11-3-2-4-14(9-11)15(17)18/h2,4-5,12,15-16H,3,6-11H2,1H3;2-4,9,12-13H,5-8H2,1H3,(H,17,18)/t15-,16+;12-,13+/m00/s1. The van der Waals surface area contributed by atoms with Gasteiger partial charge < -0.3 is 10.0 Å². The van der Waals surface area contributed by atoms with Crippen LogP contribution < -0.4 is 0 Å². The summed E-state index contributed by atoms with van der Waals surface area (Å²) in [5.74, 6) is 1.49. The molecule has 3 aliphatic rings. The third kappa shape index (κ3) is 7.87. The molecule has 208 valence electrons.